The summed E-state index contributed by atoms with van der Waals surface area (Å²) >= 11 is 0. The Bertz CT molecular complexity index is 146. The van der Waals surface area contributed by atoms with Crippen LogP contribution in [0.25, 0.3) is 0 Å². The van der Waals surface area contributed by atoms with Crippen LogP contribution in [-0.4, -0.2) is 19.4 Å². The van der Waals surface area contributed by atoms with Crippen molar-refractivity contribution in [1.29, 1.82) is 0 Å². The van der Waals surface area contributed by atoms with Crippen molar-refractivity contribution >= 4 is 6.16 Å². The third-order valence-corrected chi connectivity index (χ3v) is 0.890. The fourth-order valence-corrected chi connectivity index (χ4v) is 0.420. The molecule has 0 radical (unpaired) electrons. The molecule has 0 atom stereocenters. The van der Waals surface area contributed by atoms with Crippen molar-refractivity contribution in [3.8, 4) is 12.3 Å². The minimum Gasteiger partial charge on any atom is -0.434 e. The Kier molecular flexibility index (Phi) is 6.20. The number of ether oxygens (including phenoxy) is 2. The number of hydrogen-bond donors (Lipinski definition) is 0. The van der Waals surface area contributed by atoms with E-state index in [2.05, 4.69) is 15.4 Å². The summed E-state index contributed by atoms with van der Waals surface area (Å²) in [6.45, 7) is 2.54. The van der Waals surface area contributed by atoms with Crippen LogP contribution >= 0.6 is 0 Å². The molecule has 0 aliphatic rings. The molecule has 3 heteroatoms. The molecule has 0 N–H and O–H groups in total. The summed E-state index contributed by atoms with van der Waals surface area (Å²) in [7, 11) is 0. The van der Waals surface area contributed by atoms with E-state index in [1.165, 1.54) is 0 Å². The smallest absolute Gasteiger partial charge is 0.434 e. The van der Waals surface area contributed by atoms with E-state index in [1.807, 2.05) is 6.92 Å². The Morgan fingerprint density at radius 2 is 2.09 bits per heavy atom. The fraction of sp³-hybridized carbons (Fsp3) is 0.625. The van der Waals surface area contributed by atoms with E-state index >= 15 is 0 Å². The van der Waals surface area contributed by atoms with Crippen molar-refractivity contribution in [2.75, 3.05) is 13.2 Å². The number of hydrogen-bond acceptors (Lipinski definition) is 3. The van der Waals surface area contributed by atoms with Gasteiger partial charge >= 0.3 is 6.16 Å². The topological polar surface area (TPSA) is 35.5 Å². The maximum Gasteiger partial charge on any atom is 0.508 e. The molecule has 0 aliphatic heterocycles. The summed E-state index contributed by atoms with van der Waals surface area (Å²) in [5.74, 6) is 2.35. The summed E-state index contributed by atoms with van der Waals surface area (Å²) in [6, 6.07) is 0. The van der Waals surface area contributed by atoms with Crippen molar-refractivity contribution in [2.45, 2.75) is 19.8 Å². The maximum absolute atomic E-state index is 10.6. The molecule has 0 aromatic rings. The molecule has 0 heterocycles. The summed E-state index contributed by atoms with van der Waals surface area (Å²) in [4.78, 5) is 10.6. The highest BCUT2D eigenvalue weighted by Gasteiger charge is 1.99. The standard InChI is InChI=1S/C8H12O3/c1-3-5-7-11-8(9)10-6-4-2/h1H,4-7H2,2H3. The van der Waals surface area contributed by atoms with Crippen LogP contribution in [0.15, 0.2) is 0 Å². The minimum absolute atomic E-state index is 0.235. The second-order valence-corrected chi connectivity index (χ2v) is 1.90. The van der Waals surface area contributed by atoms with E-state index in [1.54, 1.807) is 0 Å². The zero-order valence-corrected chi connectivity index (χ0v) is 6.63. The molecule has 0 spiro atoms. The lowest BCUT2D eigenvalue weighted by Crippen LogP contribution is -2.08. The largest absolute Gasteiger partial charge is 0.508 e. The lowest BCUT2D eigenvalue weighted by molar-refractivity contribution is 0.0570. The molecule has 0 amide bonds. The molecule has 0 saturated carbocycles. The zero-order chi connectivity index (χ0) is 8.53. The molecule has 0 saturated heterocycles. The van der Waals surface area contributed by atoms with Gasteiger partial charge in [0.25, 0.3) is 0 Å². The highest BCUT2D eigenvalue weighted by molar-refractivity contribution is 5.59. The normalized spacial score (nSPS) is 8.36. The Morgan fingerprint density at radius 3 is 2.64 bits per heavy atom. The first kappa shape index (κ1) is 9.83. The van der Waals surface area contributed by atoms with Crippen LogP contribution in [0.4, 0.5) is 4.79 Å². The lowest BCUT2D eigenvalue weighted by atomic mass is 10.5. The molecular weight excluding hydrogens is 144 g/mol. The highest BCUT2D eigenvalue weighted by atomic mass is 16.7. The first-order chi connectivity index (χ1) is 5.31. The van der Waals surface area contributed by atoms with Gasteiger partial charge in [-0.25, -0.2) is 4.79 Å². The Labute approximate surface area is 66.7 Å². The van der Waals surface area contributed by atoms with Gasteiger partial charge in [0.05, 0.1) is 6.61 Å². The summed E-state index contributed by atoms with van der Waals surface area (Å²) < 4.78 is 9.19. The van der Waals surface area contributed by atoms with Crippen LogP contribution in [0, 0.1) is 12.3 Å². The van der Waals surface area contributed by atoms with Crippen LogP contribution in [-0.2, 0) is 9.47 Å². The monoisotopic (exact) mass is 156 g/mol. The number of rotatable bonds is 4. The van der Waals surface area contributed by atoms with Crippen LogP contribution in [0.3, 0.4) is 0 Å². The second kappa shape index (κ2) is 6.94. The Morgan fingerprint density at radius 1 is 1.45 bits per heavy atom. The molecule has 0 aromatic heterocycles. The van der Waals surface area contributed by atoms with E-state index < -0.39 is 6.16 Å². The predicted octanol–water partition coefficient (Wildman–Crippen LogP) is 1.57. The van der Waals surface area contributed by atoms with E-state index in [4.69, 9.17) is 6.42 Å². The molecule has 0 bridgehead atoms. The summed E-state index contributed by atoms with van der Waals surface area (Å²) in [5, 5.41) is 0. The zero-order valence-electron chi connectivity index (χ0n) is 6.63. The summed E-state index contributed by atoms with van der Waals surface area (Å²) in [5.41, 5.74) is 0. The van der Waals surface area contributed by atoms with Gasteiger partial charge in [-0.05, 0) is 6.42 Å². The van der Waals surface area contributed by atoms with E-state index in [0.717, 1.165) is 6.42 Å². The summed E-state index contributed by atoms with van der Waals surface area (Å²) in [6.07, 6.45) is 5.52. The number of terminal acetylenes is 1. The predicted molar refractivity (Wildman–Crippen MR) is 41.0 cm³/mol. The van der Waals surface area contributed by atoms with Crippen LogP contribution in [0.5, 0.6) is 0 Å². The third-order valence-electron chi connectivity index (χ3n) is 0.890. The molecule has 62 valence electrons. The van der Waals surface area contributed by atoms with Gasteiger partial charge in [-0.2, -0.15) is 0 Å². The van der Waals surface area contributed by atoms with Crippen molar-refractivity contribution in [3.63, 3.8) is 0 Å². The van der Waals surface area contributed by atoms with Gasteiger partial charge in [-0.1, -0.05) is 6.92 Å². The maximum atomic E-state index is 10.6. The minimum atomic E-state index is -0.637. The van der Waals surface area contributed by atoms with Crippen molar-refractivity contribution in [1.82, 2.24) is 0 Å². The van der Waals surface area contributed by atoms with Crippen LogP contribution in [0.2, 0.25) is 0 Å². The number of carbonyl (C=O) groups is 1. The average molecular weight is 156 g/mol. The molecule has 0 rings (SSSR count). The van der Waals surface area contributed by atoms with E-state index in [0.29, 0.717) is 13.0 Å². The van der Waals surface area contributed by atoms with Gasteiger partial charge in [-0.3, -0.25) is 0 Å². The molecule has 0 aliphatic carbocycles. The van der Waals surface area contributed by atoms with Crippen LogP contribution in [0.1, 0.15) is 19.8 Å². The van der Waals surface area contributed by atoms with Crippen molar-refractivity contribution in [2.24, 2.45) is 0 Å². The first-order valence-electron chi connectivity index (χ1n) is 3.54. The van der Waals surface area contributed by atoms with Gasteiger partial charge < -0.3 is 9.47 Å². The lowest BCUT2D eigenvalue weighted by Gasteiger charge is -2.02. The van der Waals surface area contributed by atoms with Gasteiger partial charge in [0, 0.05) is 6.42 Å². The Hall–Kier alpha value is -1.17. The van der Waals surface area contributed by atoms with Gasteiger partial charge in [0.2, 0.25) is 0 Å². The number of carbonyl (C=O) groups excluding carboxylic acids is 1. The van der Waals surface area contributed by atoms with Gasteiger partial charge in [0.15, 0.2) is 0 Å². The molecule has 0 aromatic carbocycles. The van der Waals surface area contributed by atoms with Crippen molar-refractivity contribution < 1.29 is 14.3 Å². The van der Waals surface area contributed by atoms with E-state index in [-0.39, 0.29) is 6.61 Å². The second-order valence-electron chi connectivity index (χ2n) is 1.90. The molecular formula is C8H12O3. The van der Waals surface area contributed by atoms with Gasteiger partial charge in [0.1, 0.15) is 6.61 Å². The SMILES string of the molecule is C#CCCOC(=O)OCCC. The molecule has 0 fully saturated rings. The highest BCUT2D eigenvalue weighted by Crippen LogP contribution is 1.88. The quantitative estimate of drug-likeness (QED) is 0.352. The van der Waals surface area contributed by atoms with E-state index in [9.17, 15) is 4.79 Å². The average Bonchev–Trinajstić information content (AvgIpc) is 2.01. The van der Waals surface area contributed by atoms with Gasteiger partial charge in [-0.15, -0.1) is 12.3 Å². The Balaban J connectivity index is 3.17. The van der Waals surface area contributed by atoms with Crippen molar-refractivity contribution in [3.05, 3.63) is 0 Å². The van der Waals surface area contributed by atoms with Crippen LogP contribution < -0.4 is 0 Å². The molecule has 3 nitrogen and oxygen atoms in total. The first-order valence-corrected chi connectivity index (χ1v) is 3.54. The molecule has 0 unspecified atom stereocenters. The third kappa shape index (κ3) is 6.72. The molecule has 11 heavy (non-hydrogen) atoms. The fourth-order valence-electron chi connectivity index (χ4n) is 0.420.